The van der Waals surface area contributed by atoms with E-state index in [0.717, 1.165) is 15.5 Å². The van der Waals surface area contributed by atoms with Gasteiger partial charge in [-0.25, -0.2) is 4.98 Å². The number of hydrogen-bond donors (Lipinski definition) is 0. The lowest BCUT2D eigenvalue weighted by Crippen LogP contribution is -1.70. The Bertz CT molecular complexity index is 353. The lowest BCUT2D eigenvalue weighted by atomic mass is 10.2. The standard InChI is InChI=1S/C9H5ClNS/c10-8-3-1-7(2-4-8)9-5-11-6-12-9/h1-5H. The van der Waals surface area contributed by atoms with Crippen LogP contribution in [0.2, 0.25) is 5.02 Å². The first-order valence-electron chi connectivity index (χ1n) is 3.44. The zero-order valence-corrected chi connectivity index (χ0v) is 7.69. The summed E-state index contributed by atoms with van der Waals surface area (Å²) in [7, 11) is 0. The predicted molar refractivity (Wildman–Crippen MR) is 51.4 cm³/mol. The third-order valence-corrected chi connectivity index (χ3v) is 2.53. The number of thiazole rings is 1. The Morgan fingerprint density at radius 1 is 1.25 bits per heavy atom. The van der Waals surface area contributed by atoms with Gasteiger partial charge in [-0.05, 0) is 17.7 Å². The average molecular weight is 195 g/mol. The molecular weight excluding hydrogens is 190 g/mol. The highest BCUT2D eigenvalue weighted by Crippen LogP contribution is 2.23. The van der Waals surface area contributed by atoms with Crippen molar-refractivity contribution in [1.82, 2.24) is 4.98 Å². The van der Waals surface area contributed by atoms with Gasteiger partial charge in [-0.3, -0.25) is 0 Å². The monoisotopic (exact) mass is 194 g/mol. The summed E-state index contributed by atoms with van der Waals surface area (Å²) in [5, 5.41) is 0.757. The van der Waals surface area contributed by atoms with Gasteiger partial charge >= 0.3 is 0 Å². The number of hydrogen-bond acceptors (Lipinski definition) is 2. The molecule has 1 aromatic heterocycles. The molecule has 1 aromatic carbocycles. The molecule has 1 heterocycles. The molecule has 12 heavy (non-hydrogen) atoms. The van der Waals surface area contributed by atoms with Gasteiger partial charge in [-0.15, -0.1) is 11.3 Å². The van der Waals surface area contributed by atoms with Crippen LogP contribution < -0.4 is 0 Å². The van der Waals surface area contributed by atoms with Gasteiger partial charge in [0, 0.05) is 11.2 Å². The van der Waals surface area contributed by atoms with Gasteiger partial charge in [0.25, 0.3) is 0 Å². The van der Waals surface area contributed by atoms with Crippen LogP contribution >= 0.6 is 22.9 Å². The van der Waals surface area contributed by atoms with Crippen molar-refractivity contribution in [3.8, 4) is 10.4 Å². The second kappa shape index (κ2) is 3.25. The predicted octanol–water partition coefficient (Wildman–Crippen LogP) is 3.26. The molecule has 1 radical (unpaired) electrons. The molecule has 2 aromatic rings. The number of halogens is 1. The molecule has 0 aliphatic heterocycles. The summed E-state index contributed by atoms with van der Waals surface area (Å²) in [5.41, 5.74) is 3.94. The molecule has 0 N–H and O–H groups in total. The van der Waals surface area contributed by atoms with Crippen LogP contribution in [0.4, 0.5) is 0 Å². The molecule has 0 bridgehead atoms. The quantitative estimate of drug-likeness (QED) is 0.679. The van der Waals surface area contributed by atoms with E-state index < -0.39 is 0 Å². The summed E-state index contributed by atoms with van der Waals surface area (Å²) in [6.45, 7) is 0. The second-order valence-electron chi connectivity index (χ2n) is 2.32. The minimum absolute atomic E-state index is 0.757. The van der Waals surface area contributed by atoms with Gasteiger partial charge in [0.15, 0.2) is 5.51 Å². The largest absolute Gasteiger partial charge is 0.241 e. The van der Waals surface area contributed by atoms with Crippen molar-refractivity contribution in [3.63, 3.8) is 0 Å². The smallest absolute Gasteiger partial charge is 0.152 e. The van der Waals surface area contributed by atoms with Crippen LogP contribution in [-0.4, -0.2) is 4.98 Å². The molecule has 0 spiro atoms. The molecule has 0 atom stereocenters. The summed E-state index contributed by atoms with van der Waals surface area (Å²) in [6, 6.07) is 7.70. The second-order valence-corrected chi connectivity index (χ2v) is 3.59. The normalized spacial score (nSPS) is 10.1. The van der Waals surface area contributed by atoms with Gasteiger partial charge in [0.05, 0.1) is 4.88 Å². The van der Waals surface area contributed by atoms with Crippen molar-refractivity contribution >= 4 is 22.9 Å². The molecule has 59 valence electrons. The molecule has 0 unspecified atom stereocenters. The van der Waals surface area contributed by atoms with Crippen LogP contribution in [0.5, 0.6) is 0 Å². The van der Waals surface area contributed by atoms with Crippen molar-refractivity contribution in [2.75, 3.05) is 0 Å². The first-order chi connectivity index (χ1) is 5.86. The van der Waals surface area contributed by atoms with Crippen molar-refractivity contribution < 1.29 is 0 Å². The van der Waals surface area contributed by atoms with E-state index in [2.05, 4.69) is 10.5 Å². The van der Waals surface area contributed by atoms with Crippen LogP contribution in [0.25, 0.3) is 10.4 Å². The molecule has 0 saturated carbocycles. The number of benzene rings is 1. The molecule has 0 amide bonds. The third kappa shape index (κ3) is 1.49. The van der Waals surface area contributed by atoms with Crippen molar-refractivity contribution in [1.29, 1.82) is 0 Å². The van der Waals surface area contributed by atoms with Gasteiger partial charge in [0.1, 0.15) is 0 Å². The Morgan fingerprint density at radius 2 is 2.00 bits per heavy atom. The van der Waals surface area contributed by atoms with Crippen LogP contribution in [0, 0.1) is 5.51 Å². The molecular formula is C9H5ClNS. The van der Waals surface area contributed by atoms with Gasteiger partial charge in [0.2, 0.25) is 0 Å². The van der Waals surface area contributed by atoms with Crippen molar-refractivity contribution in [2.45, 2.75) is 0 Å². The topological polar surface area (TPSA) is 12.9 Å². The summed E-state index contributed by atoms with van der Waals surface area (Å²) in [4.78, 5) is 5.00. The van der Waals surface area contributed by atoms with E-state index in [1.165, 1.54) is 11.3 Å². The van der Waals surface area contributed by atoms with Gasteiger partial charge in [-0.2, -0.15) is 0 Å². The minimum atomic E-state index is 0.757. The van der Waals surface area contributed by atoms with Crippen molar-refractivity contribution in [3.05, 3.63) is 41.0 Å². The summed E-state index contributed by atoms with van der Waals surface area (Å²) < 4.78 is 0. The van der Waals surface area contributed by atoms with Gasteiger partial charge < -0.3 is 0 Å². The Kier molecular flexibility index (Phi) is 2.11. The van der Waals surface area contributed by atoms with E-state index >= 15 is 0 Å². The fourth-order valence-electron chi connectivity index (χ4n) is 0.934. The van der Waals surface area contributed by atoms with Crippen LogP contribution in [0.1, 0.15) is 0 Å². The molecule has 0 aliphatic carbocycles. The van der Waals surface area contributed by atoms with E-state index in [-0.39, 0.29) is 0 Å². The van der Waals surface area contributed by atoms with E-state index in [4.69, 9.17) is 11.6 Å². The van der Waals surface area contributed by atoms with E-state index in [0.29, 0.717) is 0 Å². The zero-order chi connectivity index (χ0) is 8.39. The molecule has 0 fully saturated rings. The first kappa shape index (κ1) is 7.77. The highest BCUT2D eigenvalue weighted by molar-refractivity contribution is 7.12. The Balaban J connectivity index is 2.43. The molecule has 0 aliphatic rings. The van der Waals surface area contributed by atoms with Crippen LogP contribution in [0.15, 0.2) is 30.5 Å². The summed E-state index contributed by atoms with van der Waals surface area (Å²) in [5.74, 6) is 0. The minimum Gasteiger partial charge on any atom is -0.241 e. The number of nitrogens with zero attached hydrogens (tertiary/aromatic N) is 1. The first-order valence-corrected chi connectivity index (χ1v) is 4.63. The van der Waals surface area contributed by atoms with E-state index in [9.17, 15) is 0 Å². The SMILES string of the molecule is Clc1ccc(-c2cn[c]s2)cc1. The summed E-state index contributed by atoms with van der Waals surface area (Å²) in [6.07, 6.45) is 1.80. The fraction of sp³-hybridized carbons (Fsp3) is 0. The highest BCUT2D eigenvalue weighted by Gasteiger charge is 1.97. The van der Waals surface area contributed by atoms with E-state index in [1.807, 2.05) is 24.3 Å². The Labute approximate surface area is 79.7 Å². The molecule has 3 heteroatoms. The van der Waals surface area contributed by atoms with Crippen molar-refractivity contribution in [2.24, 2.45) is 0 Å². The Hall–Kier alpha value is -0.860. The maximum Gasteiger partial charge on any atom is 0.152 e. The van der Waals surface area contributed by atoms with Crippen LogP contribution in [0.3, 0.4) is 0 Å². The molecule has 1 nitrogen and oxygen atoms in total. The maximum absolute atomic E-state index is 5.75. The Morgan fingerprint density at radius 3 is 2.58 bits per heavy atom. The van der Waals surface area contributed by atoms with Gasteiger partial charge in [-0.1, -0.05) is 23.7 Å². The zero-order valence-electron chi connectivity index (χ0n) is 6.12. The van der Waals surface area contributed by atoms with Crippen LogP contribution in [-0.2, 0) is 0 Å². The van der Waals surface area contributed by atoms with E-state index in [1.54, 1.807) is 6.20 Å². The lowest BCUT2D eigenvalue weighted by molar-refractivity contribution is 1.41. The lowest BCUT2D eigenvalue weighted by Gasteiger charge is -1.94. The summed E-state index contributed by atoms with van der Waals surface area (Å²) >= 11 is 7.26. The third-order valence-electron chi connectivity index (χ3n) is 1.52. The fourth-order valence-corrected chi connectivity index (χ4v) is 1.62. The highest BCUT2D eigenvalue weighted by atomic mass is 35.5. The average Bonchev–Trinajstić information content (AvgIpc) is 2.58. The maximum atomic E-state index is 5.75. The number of aromatic nitrogens is 1. The molecule has 0 saturated heterocycles. The number of rotatable bonds is 1. The molecule has 2 rings (SSSR count).